The number of fused-ring (bicyclic) bond motifs is 1. The maximum absolute atomic E-state index is 4.82. The summed E-state index contributed by atoms with van der Waals surface area (Å²) in [6.45, 7) is 6.75. The van der Waals surface area contributed by atoms with Gasteiger partial charge in [0.25, 0.3) is 0 Å². The van der Waals surface area contributed by atoms with Crippen LogP contribution in [0.3, 0.4) is 0 Å². The van der Waals surface area contributed by atoms with Crippen LogP contribution in [-0.2, 0) is 0 Å². The SMILES string of the molecule is CCC1=CC2CC(C(C)C)=NC2C=CC1. The Labute approximate surface area is 93.0 Å². The van der Waals surface area contributed by atoms with Gasteiger partial charge in [0.2, 0.25) is 0 Å². The predicted octanol–water partition coefficient (Wildman–Crippen LogP) is 3.77. The van der Waals surface area contributed by atoms with E-state index in [2.05, 4.69) is 39.0 Å². The molecular weight excluding hydrogens is 182 g/mol. The highest BCUT2D eigenvalue weighted by molar-refractivity contribution is 5.88. The second-order valence-corrected chi connectivity index (χ2v) is 4.94. The van der Waals surface area contributed by atoms with Crippen LogP contribution < -0.4 is 0 Å². The molecule has 1 aliphatic heterocycles. The molecule has 0 amide bonds. The molecule has 2 aliphatic rings. The molecule has 1 nitrogen and oxygen atoms in total. The summed E-state index contributed by atoms with van der Waals surface area (Å²) in [5, 5.41) is 0. The lowest BCUT2D eigenvalue weighted by molar-refractivity contribution is 0.639. The van der Waals surface area contributed by atoms with Gasteiger partial charge in [0.15, 0.2) is 0 Å². The van der Waals surface area contributed by atoms with Crippen molar-refractivity contribution in [3.05, 3.63) is 23.8 Å². The molecule has 0 saturated carbocycles. The first-order chi connectivity index (χ1) is 7.20. The molecule has 1 heterocycles. The average Bonchev–Trinajstić information content (AvgIpc) is 2.51. The molecule has 0 fully saturated rings. The van der Waals surface area contributed by atoms with Gasteiger partial charge in [-0.2, -0.15) is 0 Å². The maximum atomic E-state index is 4.82. The number of nitrogens with zero attached hydrogens (tertiary/aromatic N) is 1. The zero-order valence-corrected chi connectivity index (χ0v) is 10.0. The molecular formula is C14H21N. The predicted molar refractivity (Wildman–Crippen MR) is 66.3 cm³/mol. The van der Waals surface area contributed by atoms with Crippen LogP contribution in [0.15, 0.2) is 28.8 Å². The molecule has 1 heteroatoms. The Hall–Kier alpha value is -0.850. The Morgan fingerprint density at radius 2 is 2.27 bits per heavy atom. The van der Waals surface area contributed by atoms with Crippen LogP contribution in [0.25, 0.3) is 0 Å². The lowest BCUT2D eigenvalue weighted by Crippen LogP contribution is -2.09. The molecule has 0 aromatic heterocycles. The second kappa shape index (κ2) is 4.34. The number of aliphatic imine (C=N–C) groups is 1. The largest absolute Gasteiger partial charge is 0.286 e. The van der Waals surface area contributed by atoms with Gasteiger partial charge in [-0.25, -0.2) is 0 Å². The minimum atomic E-state index is 0.437. The van der Waals surface area contributed by atoms with Gasteiger partial charge in [0, 0.05) is 11.6 Å². The number of hydrogen-bond acceptors (Lipinski definition) is 1. The van der Waals surface area contributed by atoms with Gasteiger partial charge >= 0.3 is 0 Å². The molecule has 2 atom stereocenters. The summed E-state index contributed by atoms with van der Waals surface area (Å²) < 4.78 is 0. The highest BCUT2D eigenvalue weighted by Crippen LogP contribution is 2.31. The number of rotatable bonds is 2. The summed E-state index contributed by atoms with van der Waals surface area (Å²) >= 11 is 0. The Morgan fingerprint density at radius 1 is 1.47 bits per heavy atom. The first-order valence-electron chi connectivity index (χ1n) is 6.13. The van der Waals surface area contributed by atoms with Crippen LogP contribution in [0.1, 0.15) is 40.0 Å². The maximum Gasteiger partial charge on any atom is 0.0745 e. The van der Waals surface area contributed by atoms with E-state index in [4.69, 9.17) is 4.99 Å². The molecule has 2 rings (SSSR count). The van der Waals surface area contributed by atoms with Gasteiger partial charge in [-0.15, -0.1) is 0 Å². The van der Waals surface area contributed by atoms with Crippen molar-refractivity contribution >= 4 is 5.71 Å². The van der Waals surface area contributed by atoms with Gasteiger partial charge in [-0.1, -0.05) is 44.6 Å². The van der Waals surface area contributed by atoms with Crippen LogP contribution in [0.4, 0.5) is 0 Å². The highest BCUT2D eigenvalue weighted by Gasteiger charge is 2.27. The van der Waals surface area contributed by atoms with Gasteiger partial charge in [-0.3, -0.25) is 4.99 Å². The van der Waals surface area contributed by atoms with Crippen molar-refractivity contribution in [1.29, 1.82) is 0 Å². The molecule has 2 unspecified atom stereocenters. The van der Waals surface area contributed by atoms with Crippen molar-refractivity contribution in [3.63, 3.8) is 0 Å². The van der Waals surface area contributed by atoms with E-state index < -0.39 is 0 Å². The van der Waals surface area contributed by atoms with Crippen LogP contribution in [0.2, 0.25) is 0 Å². The highest BCUT2D eigenvalue weighted by atomic mass is 14.8. The van der Waals surface area contributed by atoms with E-state index >= 15 is 0 Å². The quantitative estimate of drug-likeness (QED) is 0.606. The third kappa shape index (κ3) is 2.22. The topological polar surface area (TPSA) is 12.4 Å². The Morgan fingerprint density at radius 3 is 2.93 bits per heavy atom. The third-order valence-corrected chi connectivity index (χ3v) is 3.48. The molecule has 0 aromatic carbocycles. The molecule has 0 N–H and O–H groups in total. The summed E-state index contributed by atoms with van der Waals surface area (Å²) in [6.07, 6.45) is 10.6. The standard InChI is InChI=1S/C14H21N/c1-4-11-6-5-7-13-12(8-11)9-14(15-13)10(2)3/h5,7-8,10,12-13H,4,6,9H2,1-3H3. The minimum Gasteiger partial charge on any atom is -0.286 e. The van der Waals surface area contributed by atoms with Crippen molar-refractivity contribution in [2.45, 2.75) is 46.1 Å². The van der Waals surface area contributed by atoms with Gasteiger partial charge in [0.1, 0.15) is 0 Å². The number of hydrogen-bond donors (Lipinski definition) is 0. The Kier molecular flexibility index (Phi) is 3.08. The third-order valence-electron chi connectivity index (χ3n) is 3.48. The summed E-state index contributed by atoms with van der Waals surface area (Å²) in [7, 11) is 0. The van der Waals surface area contributed by atoms with Crippen molar-refractivity contribution < 1.29 is 0 Å². The van der Waals surface area contributed by atoms with Crippen LogP contribution in [0, 0.1) is 11.8 Å². The van der Waals surface area contributed by atoms with Crippen molar-refractivity contribution in [2.24, 2.45) is 16.8 Å². The molecule has 0 bridgehead atoms. The minimum absolute atomic E-state index is 0.437. The van der Waals surface area contributed by atoms with Crippen molar-refractivity contribution in [2.75, 3.05) is 0 Å². The van der Waals surface area contributed by atoms with E-state index in [0.717, 1.165) is 6.42 Å². The fourth-order valence-electron chi connectivity index (χ4n) is 2.42. The first kappa shape index (κ1) is 10.7. The van der Waals surface area contributed by atoms with E-state index in [9.17, 15) is 0 Å². The fraction of sp³-hybridized carbons (Fsp3) is 0.643. The Balaban J connectivity index is 2.18. The molecule has 0 radical (unpaired) electrons. The molecule has 15 heavy (non-hydrogen) atoms. The summed E-state index contributed by atoms with van der Waals surface area (Å²) in [5.41, 5.74) is 2.99. The number of allylic oxidation sites excluding steroid dienone is 2. The van der Waals surface area contributed by atoms with Crippen molar-refractivity contribution in [1.82, 2.24) is 0 Å². The average molecular weight is 203 g/mol. The molecule has 0 spiro atoms. The summed E-state index contributed by atoms with van der Waals surface area (Å²) in [4.78, 5) is 4.82. The monoisotopic (exact) mass is 203 g/mol. The van der Waals surface area contributed by atoms with Crippen LogP contribution in [-0.4, -0.2) is 11.8 Å². The fourth-order valence-corrected chi connectivity index (χ4v) is 2.42. The zero-order valence-electron chi connectivity index (χ0n) is 10.0. The van der Waals surface area contributed by atoms with Crippen LogP contribution in [0.5, 0.6) is 0 Å². The molecule has 82 valence electrons. The summed E-state index contributed by atoms with van der Waals surface area (Å²) in [6, 6.07) is 0.437. The smallest absolute Gasteiger partial charge is 0.0745 e. The van der Waals surface area contributed by atoms with E-state index in [1.54, 1.807) is 5.57 Å². The van der Waals surface area contributed by atoms with Gasteiger partial charge < -0.3 is 0 Å². The lowest BCUT2D eigenvalue weighted by atomic mass is 9.93. The van der Waals surface area contributed by atoms with Gasteiger partial charge in [-0.05, 0) is 25.2 Å². The molecule has 0 saturated heterocycles. The van der Waals surface area contributed by atoms with E-state index in [1.807, 2.05) is 0 Å². The molecule has 1 aliphatic carbocycles. The summed E-state index contributed by atoms with van der Waals surface area (Å²) in [5.74, 6) is 1.26. The second-order valence-electron chi connectivity index (χ2n) is 4.94. The van der Waals surface area contributed by atoms with E-state index in [1.165, 1.54) is 18.6 Å². The van der Waals surface area contributed by atoms with E-state index in [0.29, 0.717) is 17.9 Å². The zero-order chi connectivity index (χ0) is 10.8. The first-order valence-corrected chi connectivity index (χ1v) is 6.13. The van der Waals surface area contributed by atoms with Crippen LogP contribution >= 0.6 is 0 Å². The molecule has 0 aromatic rings. The van der Waals surface area contributed by atoms with Crippen molar-refractivity contribution in [3.8, 4) is 0 Å². The lowest BCUT2D eigenvalue weighted by Gasteiger charge is -2.09. The Bertz CT molecular complexity index is 320. The van der Waals surface area contributed by atoms with E-state index in [-0.39, 0.29) is 0 Å². The van der Waals surface area contributed by atoms with Gasteiger partial charge in [0.05, 0.1) is 6.04 Å². The normalized spacial score (nSPS) is 29.9.